The third-order valence-electron chi connectivity index (χ3n) is 6.51. The smallest absolute Gasteiger partial charge is 0.295 e. The number of benzene rings is 1. The number of carbonyl (C=O) groups is 1. The molecule has 0 bridgehead atoms. The Kier molecular flexibility index (Phi) is 6.54. The Morgan fingerprint density at radius 3 is 2.68 bits per heavy atom. The molecule has 1 aromatic carbocycles. The number of nitrogens with one attached hydrogen (secondary N) is 1. The maximum absolute atomic E-state index is 13.4. The van der Waals surface area contributed by atoms with E-state index in [1.54, 1.807) is 12.1 Å². The van der Waals surface area contributed by atoms with Crippen LogP contribution < -0.4 is 5.32 Å². The molecule has 1 N–H and O–H groups in total. The molecule has 1 aliphatic carbocycles. The van der Waals surface area contributed by atoms with Crippen LogP contribution in [0.5, 0.6) is 0 Å². The lowest BCUT2D eigenvalue weighted by molar-refractivity contribution is 0.0341. The largest absolute Gasteiger partial charge is 0.435 e. The summed E-state index contributed by atoms with van der Waals surface area (Å²) in [7, 11) is 0. The molecule has 10 heteroatoms. The molecule has 4 heterocycles. The van der Waals surface area contributed by atoms with Crippen molar-refractivity contribution in [3.05, 3.63) is 70.5 Å². The van der Waals surface area contributed by atoms with Crippen molar-refractivity contribution < 1.29 is 18.3 Å². The molecule has 2 aliphatic rings. The summed E-state index contributed by atoms with van der Waals surface area (Å²) >= 11 is 1.32. The number of hydrogen-bond acceptors (Lipinski definition) is 8. The minimum Gasteiger partial charge on any atom is -0.435 e. The van der Waals surface area contributed by atoms with Gasteiger partial charge in [0.15, 0.2) is 11.0 Å². The van der Waals surface area contributed by atoms with E-state index in [4.69, 9.17) is 9.15 Å². The summed E-state index contributed by atoms with van der Waals surface area (Å²) in [4.78, 5) is 29.4. The van der Waals surface area contributed by atoms with Gasteiger partial charge in [-0.25, -0.2) is 14.4 Å². The van der Waals surface area contributed by atoms with Crippen LogP contribution in [0.4, 0.5) is 9.52 Å². The number of carbonyl (C=O) groups excluding carboxylic acids is 1. The molecule has 3 aromatic heterocycles. The zero-order chi connectivity index (χ0) is 25.4. The van der Waals surface area contributed by atoms with Crippen molar-refractivity contribution in [3.63, 3.8) is 0 Å². The SMILES string of the molecule is Cc1cc(CN2CCOCC2)cnc1-c1csc(NC(=O)c2oc(C3CC3)nc2-c2ccc(F)cc2)n1. The van der Waals surface area contributed by atoms with Crippen LogP contribution in [-0.4, -0.2) is 52.1 Å². The molecular weight excluding hydrogens is 493 g/mol. The van der Waals surface area contributed by atoms with E-state index in [0.29, 0.717) is 28.0 Å². The number of hydrogen-bond donors (Lipinski definition) is 1. The Balaban J connectivity index is 1.19. The van der Waals surface area contributed by atoms with Crippen LogP contribution >= 0.6 is 11.3 Å². The predicted molar refractivity (Wildman–Crippen MR) is 138 cm³/mol. The number of amides is 1. The summed E-state index contributed by atoms with van der Waals surface area (Å²) in [6, 6.07) is 8.02. The van der Waals surface area contributed by atoms with Crippen molar-refractivity contribution in [1.82, 2.24) is 19.9 Å². The van der Waals surface area contributed by atoms with Gasteiger partial charge in [-0.3, -0.25) is 20.0 Å². The second-order valence-corrected chi connectivity index (χ2v) is 10.3. The second kappa shape index (κ2) is 10.1. The van der Waals surface area contributed by atoms with Gasteiger partial charge >= 0.3 is 0 Å². The Morgan fingerprint density at radius 2 is 1.95 bits per heavy atom. The molecule has 0 unspecified atom stereocenters. The zero-order valence-corrected chi connectivity index (χ0v) is 21.2. The number of halogens is 1. The zero-order valence-electron chi connectivity index (χ0n) is 20.4. The highest BCUT2D eigenvalue weighted by Crippen LogP contribution is 2.41. The lowest BCUT2D eigenvalue weighted by atomic mass is 10.1. The fourth-order valence-electron chi connectivity index (χ4n) is 4.40. The second-order valence-electron chi connectivity index (χ2n) is 9.40. The van der Waals surface area contributed by atoms with Gasteiger partial charge in [-0.1, -0.05) is 6.07 Å². The van der Waals surface area contributed by atoms with Crippen molar-refractivity contribution in [2.45, 2.75) is 32.2 Å². The number of thiazole rings is 1. The van der Waals surface area contributed by atoms with Crippen LogP contribution in [0.1, 0.15) is 46.3 Å². The van der Waals surface area contributed by atoms with Crippen molar-refractivity contribution >= 4 is 22.4 Å². The molecule has 1 saturated heterocycles. The van der Waals surface area contributed by atoms with Gasteiger partial charge in [0, 0.05) is 42.7 Å². The molecule has 1 saturated carbocycles. The van der Waals surface area contributed by atoms with Gasteiger partial charge in [0.05, 0.1) is 18.9 Å². The molecule has 190 valence electrons. The van der Waals surface area contributed by atoms with Crippen LogP contribution in [0.25, 0.3) is 22.6 Å². The third-order valence-corrected chi connectivity index (χ3v) is 7.26. The summed E-state index contributed by atoms with van der Waals surface area (Å²) in [6.07, 6.45) is 3.86. The molecule has 0 atom stereocenters. The average Bonchev–Trinajstić information content (AvgIpc) is 3.49. The van der Waals surface area contributed by atoms with Gasteiger partial charge in [0.25, 0.3) is 5.91 Å². The number of anilines is 1. The number of ether oxygens (including phenoxy) is 1. The molecule has 0 radical (unpaired) electrons. The van der Waals surface area contributed by atoms with Crippen molar-refractivity contribution in [2.75, 3.05) is 31.6 Å². The van der Waals surface area contributed by atoms with Crippen LogP contribution in [-0.2, 0) is 11.3 Å². The highest BCUT2D eigenvalue weighted by molar-refractivity contribution is 7.14. The first-order chi connectivity index (χ1) is 18.0. The van der Waals surface area contributed by atoms with Crippen LogP contribution in [0.15, 0.2) is 46.3 Å². The van der Waals surface area contributed by atoms with Gasteiger partial charge in [-0.2, -0.15) is 0 Å². The number of pyridine rings is 1. The Labute approximate surface area is 217 Å². The molecule has 1 amide bonds. The van der Waals surface area contributed by atoms with E-state index in [-0.39, 0.29) is 17.5 Å². The average molecular weight is 520 g/mol. The highest BCUT2D eigenvalue weighted by Gasteiger charge is 2.32. The quantitative estimate of drug-likeness (QED) is 0.356. The summed E-state index contributed by atoms with van der Waals surface area (Å²) in [6.45, 7) is 6.23. The highest BCUT2D eigenvalue weighted by atomic mass is 32.1. The molecule has 8 nitrogen and oxygen atoms in total. The number of aromatic nitrogens is 3. The van der Waals surface area contributed by atoms with Crippen LogP contribution in [0.3, 0.4) is 0 Å². The summed E-state index contributed by atoms with van der Waals surface area (Å²) < 4.78 is 24.8. The normalized spacial score (nSPS) is 16.2. The van der Waals surface area contributed by atoms with E-state index in [1.807, 2.05) is 18.5 Å². The van der Waals surface area contributed by atoms with Gasteiger partial charge in [-0.15, -0.1) is 11.3 Å². The van der Waals surface area contributed by atoms with Crippen LogP contribution in [0, 0.1) is 12.7 Å². The summed E-state index contributed by atoms with van der Waals surface area (Å²) in [5, 5.41) is 5.16. The van der Waals surface area contributed by atoms with E-state index in [9.17, 15) is 9.18 Å². The van der Waals surface area contributed by atoms with Gasteiger partial charge in [0.2, 0.25) is 5.76 Å². The lowest BCUT2D eigenvalue weighted by Crippen LogP contribution is -2.35. The Bertz CT molecular complexity index is 1420. The van der Waals surface area contributed by atoms with Gasteiger partial charge < -0.3 is 9.15 Å². The van der Waals surface area contributed by atoms with Crippen molar-refractivity contribution in [1.29, 1.82) is 0 Å². The molecule has 1 aliphatic heterocycles. The molecule has 4 aromatic rings. The van der Waals surface area contributed by atoms with E-state index >= 15 is 0 Å². The van der Waals surface area contributed by atoms with E-state index < -0.39 is 5.91 Å². The standard InChI is InChI=1S/C27H26FN5O3S/c1-16-12-17(14-33-8-10-35-11-9-33)13-29-22(16)21-15-37-27(30-21)32-25(34)24-23(18-4-6-20(28)7-5-18)31-26(36-24)19-2-3-19/h4-7,12-13,15,19H,2-3,8-11,14H2,1H3,(H,30,32,34). The van der Waals surface area contributed by atoms with Crippen molar-refractivity contribution in [3.8, 4) is 22.6 Å². The number of aryl methyl sites for hydroxylation is 1. The number of nitrogens with zero attached hydrogens (tertiary/aromatic N) is 4. The van der Waals surface area contributed by atoms with Gasteiger partial charge in [-0.05, 0) is 55.2 Å². The predicted octanol–water partition coefficient (Wildman–Crippen LogP) is 5.27. The monoisotopic (exact) mass is 519 g/mol. The number of oxazole rings is 1. The first-order valence-corrected chi connectivity index (χ1v) is 13.2. The van der Waals surface area contributed by atoms with E-state index in [2.05, 4.69) is 31.2 Å². The maximum atomic E-state index is 13.4. The van der Waals surface area contributed by atoms with Crippen LogP contribution in [0.2, 0.25) is 0 Å². The fourth-order valence-corrected chi connectivity index (χ4v) is 5.09. The summed E-state index contributed by atoms with van der Waals surface area (Å²) in [5.41, 5.74) is 4.69. The maximum Gasteiger partial charge on any atom is 0.295 e. The lowest BCUT2D eigenvalue weighted by Gasteiger charge is -2.26. The molecule has 2 fully saturated rings. The third kappa shape index (κ3) is 5.31. The minimum absolute atomic E-state index is 0.104. The first kappa shape index (κ1) is 23.9. The van der Waals surface area contributed by atoms with E-state index in [1.165, 1.54) is 23.5 Å². The number of rotatable bonds is 7. The van der Waals surface area contributed by atoms with E-state index in [0.717, 1.165) is 62.5 Å². The molecule has 6 rings (SSSR count). The summed E-state index contributed by atoms with van der Waals surface area (Å²) in [5.74, 6) is 0.0833. The Hall–Kier alpha value is -3.47. The fraction of sp³-hybridized carbons (Fsp3) is 0.333. The van der Waals surface area contributed by atoms with Gasteiger partial charge in [0.1, 0.15) is 17.2 Å². The first-order valence-electron chi connectivity index (χ1n) is 12.3. The minimum atomic E-state index is -0.440. The number of morpholine rings is 1. The molecule has 0 spiro atoms. The molecular formula is C27H26FN5O3S. The Morgan fingerprint density at radius 1 is 1.16 bits per heavy atom. The molecule has 37 heavy (non-hydrogen) atoms. The topological polar surface area (TPSA) is 93.4 Å². The van der Waals surface area contributed by atoms with Crippen molar-refractivity contribution in [2.24, 2.45) is 0 Å².